The maximum atomic E-state index is 14.3. The standard InChI is InChI=1S/C19H22ClFN6O2S/c1-2-5-30(28,29)27-4-3-12(11-27)7-22-19-16(21)10-25-18(26-19)15-9-24-17-14(15)6-13(20)8-23-17/h6,8-10,12H,2-5,7,11H2,1H3,(H,23,24)(H,22,25,26). The third kappa shape index (κ3) is 4.26. The molecular formula is C19H22ClFN6O2S. The minimum Gasteiger partial charge on any atom is -0.367 e. The van der Waals surface area contributed by atoms with E-state index in [0.717, 1.165) is 18.0 Å². The maximum absolute atomic E-state index is 14.3. The topological polar surface area (TPSA) is 104 Å². The van der Waals surface area contributed by atoms with Crippen LogP contribution in [0, 0.1) is 11.7 Å². The van der Waals surface area contributed by atoms with Crippen LogP contribution in [0.15, 0.2) is 24.7 Å². The summed E-state index contributed by atoms with van der Waals surface area (Å²) < 4.78 is 40.3. The van der Waals surface area contributed by atoms with Crippen LogP contribution in [-0.2, 0) is 10.0 Å². The number of aromatic nitrogens is 4. The summed E-state index contributed by atoms with van der Waals surface area (Å²) in [6.45, 7) is 3.20. The molecule has 0 aliphatic carbocycles. The van der Waals surface area contributed by atoms with Crippen LogP contribution in [-0.4, -0.2) is 58.0 Å². The normalized spacial score (nSPS) is 17.6. The van der Waals surface area contributed by atoms with Gasteiger partial charge in [-0.05, 0) is 24.8 Å². The molecule has 1 unspecified atom stereocenters. The average molecular weight is 453 g/mol. The first kappa shape index (κ1) is 21.0. The molecule has 4 heterocycles. The second-order valence-corrected chi connectivity index (χ2v) is 9.88. The number of aromatic amines is 1. The summed E-state index contributed by atoms with van der Waals surface area (Å²) in [6.07, 6.45) is 5.67. The Morgan fingerprint density at radius 1 is 1.37 bits per heavy atom. The Hall–Kier alpha value is -2.30. The van der Waals surface area contributed by atoms with E-state index in [1.807, 2.05) is 6.92 Å². The summed E-state index contributed by atoms with van der Waals surface area (Å²) in [6, 6.07) is 1.75. The van der Waals surface area contributed by atoms with Gasteiger partial charge in [0.2, 0.25) is 10.0 Å². The van der Waals surface area contributed by atoms with Gasteiger partial charge in [-0.15, -0.1) is 0 Å². The fraction of sp³-hybridized carbons (Fsp3) is 0.421. The molecule has 8 nitrogen and oxygen atoms in total. The maximum Gasteiger partial charge on any atom is 0.214 e. The van der Waals surface area contributed by atoms with Gasteiger partial charge in [-0.25, -0.2) is 32.1 Å². The number of hydrogen-bond acceptors (Lipinski definition) is 6. The third-order valence-corrected chi connectivity index (χ3v) is 7.39. The largest absolute Gasteiger partial charge is 0.367 e. The molecule has 4 rings (SSSR count). The average Bonchev–Trinajstić information content (AvgIpc) is 3.35. The molecule has 1 aliphatic heterocycles. The smallest absolute Gasteiger partial charge is 0.214 e. The van der Waals surface area contributed by atoms with Gasteiger partial charge in [0.05, 0.1) is 17.0 Å². The van der Waals surface area contributed by atoms with Gasteiger partial charge in [0.15, 0.2) is 17.5 Å². The van der Waals surface area contributed by atoms with Gasteiger partial charge < -0.3 is 10.3 Å². The van der Waals surface area contributed by atoms with E-state index in [-0.39, 0.29) is 17.5 Å². The first-order valence-electron chi connectivity index (χ1n) is 9.74. The van der Waals surface area contributed by atoms with E-state index >= 15 is 0 Å². The molecule has 0 radical (unpaired) electrons. The number of sulfonamides is 1. The molecular weight excluding hydrogens is 431 g/mol. The Labute approximate surface area is 178 Å². The number of nitrogens with zero attached hydrogens (tertiary/aromatic N) is 4. The van der Waals surface area contributed by atoms with E-state index in [1.165, 1.54) is 10.5 Å². The number of anilines is 1. The van der Waals surface area contributed by atoms with Crippen molar-refractivity contribution in [3.8, 4) is 11.4 Å². The number of H-pyrrole nitrogens is 1. The Morgan fingerprint density at radius 2 is 2.20 bits per heavy atom. The van der Waals surface area contributed by atoms with Crippen LogP contribution in [0.25, 0.3) is 22.4 Å². The van der Waals surface area contributed by atoms with Crippen molar-refractivity contribution in [1.82, 2.24) is 24.2 Å². The lowest BCUT2D eigenvalue weighted by Gasteiger charge is -2.16. The van der Waals surface area contributed by atoms with Gasteiger partial charge in [-0.3, -0.25) is 0 Å². The monoisotopic (exact) mass is 452 g/mol. The molecule has 0 aromatic carbocycles. The lowest BCUT2D eigenvalue weighted by molar-refractivity contribution is 0.460. The summed E-state index contributed by atoms with van der Waals surface area (Å²) in [4.78, 5) is 15.7. The number of halogens is 2. The van der Waals surface area contributed by atoms with Crippen molar-refractivity contribution in [3.63, 3.8) is 0 Å². The van der Waals surface area contributed by atoms with Crippen molar-refractivity contribution < 1.29 is 12.8 Å². The lowest BCUT2D eigenvalue weighted by Crippen LogP contribution is -2.31. The van der Waals surface area contributed by atoms with Gasteiger partial charge in [-0.2, -0.15) is 0 Å². The second-order valence-electron chi connectivity index (χ2n) is 7.35. The van der Waals surface area contributed by atoms with Gasteiger partial charge >= 0.3 is 0 Å². The lowest BCUT2D eigenvalue weighted by atomic mass is 10.1. The molecule has 1 aliphatic rings. The fourth-order valence-corrected chi connectivity index (χ4v) is 5.38. The van der Waals surface area contributed by atoms with Crippen molar-refractivity contribution in [3.05, 3.63) is 35.5 Å². The molecule has 3 aromatic heterocycles. The number of rotatable bonds is 7. The third-order valence-electron chi connectivity index (χ3n) is 5.14. The second kappa shape index (κ2) is 8.44. The zero-order valence-electron chi connectivity index (χ0n) is 16.4. The van der Waals surface area contributed by atoms with Gasteiger partial charge in [0, 0.05) is 43.0 Å². The first-order chi connectivity index (χ1) is 14.4. The number of pyridine rings is 1. The van der Waals surface area contributed by atoms with E-state index in [2.05, 4.69) is 25.3 Å². The predicted octanol–water partition coefficient (Wildman–Crippen LogP) is 3.29. The van der Waals surface area contributed by atoms with Gasteiger partial charge in [0.25, 0.3) is 0 Å². The van der Waals surface area contributed by atoms with Crippen LogP contribution >= 0.6 is 11.6 Å². The van der Waals surface area contributed by atoms with E-state index in [1.54, 1.807) is 12.3 Å². The van der Waals surface area contributed by atoms with Crippen molar-refractivity contribution >= 4 is 38.5 Å². The number of fused-ring (bicyclic) bond motifs is 1. The first-order valence-corrected chi connectivity index (χ1v) is 11.7. The molecule has 0 spiro atoms. The van der Waals surface area contributed by atoms with Gasteiger partial charge in [0.1, 0.15) is 5.65 Å². The van der Waals surface area contributed by atoms with Crippen molar-refractivity contribution in [2.45, 2.75) is 19.8 Å². The van der Waals surface area contributed by atoms with E-state index in [0.29, 0.717) is 48.1 Å². The van der Waals surface area contributed by atoms with Gasteiger partial charge in [-0.1, -0.05) is 18.5 Å². The van der Waals surface area contributed by atoms with Crippen molar-refractivity contribution in [2.75, 3.05) is 30.7 Å². The molecule has 11 heteroatoms. The molecule has 160 valence electrons. The summed E-state index contributed by atoms with van der Waals surface area (Å²) in [5.41, 5.74) is 1.30. The minimum absolute atomic E-state index is 0.0826. The van der Waals surface area contributed by atoms with Crippen LogP contribution in [0.5, 0.6) is 0 Å². The number of hydrogen-bond donors (Lipinski definition) is 2. The Kier molecular flexibility index (Phi) is 5.90. The summed E-state index contributed by atoms with van der Waals surface area (Å²) in [7, 11) is -3.21. The fourth-order valence-electron chi connectivity index (χ4n) is 3.63. The highest BCUT2D eigenvalue weighted by molar-refractivity contribution is 7.89. The highest BCUT2D eigenvalue weighted by Gasteiger charge is 2.30. The Balaban J connectivity index is 1.49. The molecule has 2 N–H and O–H groups in total. The van der Waals surface area contributed by atoms with Crippen molar-refractivity contribution in [1.29, 1.82) is 0 Å². The molecule has 3 aromatic rings. The van der Waals surface area contributed by atoms with Crippen LogP contribution in [0.1, 0.15) is 19.8 Å². The molecule has 30 heavy (non-hydrogen) atoms. The summed E-state index contributed by atoms with van der Waals surface area (Å²) in [5.74, 6) is 0.0984. The molecule has 0 saturated carbocycles. The molecule has 1 saturated heterocycles. The SMILES string of the molecule is CCCS(=O)(=O)N1CCC(CNc2nc(-c3c[nH]c4ncc(Cl)cc34)ncc2F)C1. The van der Waals surface area contributed by atoms with Crippen LogP contribution < -0.4 is 5.32 Å². The quantitative estimate of drug-likeness (QED) is 0.570. The van der Waals surface area contributed by atoms with E-state index < -0.39 is 15.8 Å². The molecule has 1 fully saturated rings. The zero-order chi connectivity index (χ0) is 21.3. The molecule has 0 bridgehead atoms. The highest BCUT2D eigenvalue weighted by atomic mass is 35.5. The molecule has 0 amide bonds. The Morgan fingerprint density at radius 3 is 3.00 bits per heavy atom. The minimum atomic E-state index is -3.21. The Bertz CT molecular complexity index is 1170. The highest BCUT2D eigenvalue weighted by Crippen LogP contribution is 2.28. The molecule has 1 atom stereocenters. The zero-order valence-corrected chi connectivity index (χ0v) is 18.0. The summed E-state index contributed by atoms with van der Waals surface area (Å²) >= 11 is 6.04. The van der Waals surface area contributed by atoms with Crippen LogP contribution in [0.2, 0.25) is 5.02 Å². The van der Waals surface area contributed by atoms with Crippen LogP contribution in [0.4, 0.5) is 10.2 Å². The number of nitrogens with one attached hydrogen (secondary N) is 2. The van der Waals surface area contributed by atoms with E-state index in [4.69, 9.17) is 11.6 Å². The van der Waals surface area contributed by atoms with Crippen LogP contribution in [0.3, 0.4) is 0 Å². The predicted molar refractivity (Wildman–Crippen MR) is 114 cm³/mol. The van der Waals surface area contributed by atoms with E-state index in [9.17, 15) is 12.8 Å². The van der Waals surface area contributed by atoms with Crippen molar-refractivity contribution in [2.24, 2.45) is 5.92 Å². The summed E-state index contributed by atoms with van der Waals surface area (Å²) in [5, 5.41) is 4.24.